The van der Waals surface area contributed by atoms with Gasteiger partial charge in [-0.2, -0.15) is 0 Å². The summed E-state index contributed by atoms with van der Waals surface area (Å²) in [6.07, 6.45) is 2.77. The molecule has 1 aliphatic carbocycles. The van der Waals surface area contributed by atoms with Gasteiger partial charge in [0, 0.05) is 13.1 Å². The summed E-state index contributed by atoms with van der Waals surface area (Å²) in [5.74, 6) is 0.759. The molecule has 3 N–H and O–H groups in total. The fourth-order valence-electron chi connectivity index (χ4n) is 2.08. The molecule has 1 aromatic rings. The molecule has 2 fully saturated rings. The zero-order chi connectivity index (χ0) is 11.0. The van der Waals surface area contributed by atoms with Crippen LogP contribution < -0.4 is 16.0 Å². The van der Waals surface area contributed by atoms with E-state index in [0.29, 0.717) is 0 Å². The normalized spacial score (nSPS) is 21.3. The zero-order valence-electron chi connectivity index (χ0n) is 9.09. The second-order valence-electron chi connectivity index (χ2n) is 4.50. The summed E-state index contributed by atoms with van der Waals surface area (Å²) >= 11 is 6.26. The summed E-state index contributed by atoms with van der Waals surface area (Å²) in [5.41, 5.74) is 2.38. The molecule has 1 saturated heterocycles. The summed E-state index contributed by atoms with van der Waals surface area (Å²) in [6, 6.07) is 6.36. The summed E-state index contributed by atoms with van der Waals surface area (Å²) < 4.78 is 0. The quantitative estimate of drug-likeness (QED) is 0.754. The molecule has 3 nitrogen and oxygen atoms in total. The fourth-order valence-corrected chi connectivity index (χ4v) is 2.33. The Morgan fingerprint density at radius 1 is 1.19 bits per heavy atom. The van der Waals surface area contributed by atoms with Gasteiger partial charge >= 0.3 is 0 Å². The number of hydrogen-bond acceptors (Lipinski definition) is 3. The van der Waals surface area contributed by atoms with Gasteiger partial charge in [-0.1, -0.05) is 17.7 Å². The maximum Gasteiger partial charge on any atom is 0.132 e. The maximum absolute atomic E-state index is 6.26. The number of benzene rings is 1. The van der Waals surface area contributed by atoms with Gasteiger partial charge in [0.25, 0.3) is 0 Å². The van der Waals surface area contributed by atoms with E-state index in [0.717, 1.165) is 29.7 Å². The van der Waals surface area contributed by atoms with Crippen molar-refractivity contribution >= 4 is 17.3 Å². The predicted molar refractivity (Wildman–Crippen MR) is 66.8 cm³/mol. The molecule has 0 spiro atoms. The molecule has 0 radical (unpaired) electrons. The molecule has 1 heterocycles. The molecule has 2 aliphatic rings. The standard InChI is InChI=1S/C12H16ClN3/c13-10-7-9(8-1-2-8)3-4-11(10)16-12-14-5-6-15-12/h3-4,7-8,12,14-16H,1-2,5-6H2. The van der Waals surface area contributed by atoms with E-state index in [-0.39, 0.29) is 6.29 Å². The van der Waals surface area contributed by atoms with Crippen molar-refractivity contribution in [2.75, 3.05) is 18.4 Å². The minimum absolute atomic E-state index is 0.143. The van der Waals surface area contributed by atoms with Crippen LogP contribution in [0.2, 0.25) is 5.02 Å². The topological polar surface area (TPSA) is 36.1 Å². The van der Waals surface area contributed by atoms with E-state index >= 15 is 0 Å². The third-order valence-corrected chi connectivity index (χ3v) is 3.48. The first-order valence-electron chi connectivity index (χ1n) is 5.86. The lowest BCUT2D eigenvalue weighted by Gasteiger charge is -2.16. The van der Waals surface area contributed by atoms with E-state index in [1.165, 1.54) is 18.4 Å². The average molecular weight is 238 g/mol. The highest BCUT2D eigenvalue weighted by molar-refractivity contribution is 6.33. The highest BCUT2D eigenvalue weighted by Crippen LogP contribution is 2.41. The number of anilines is 1. The fraction of sp³-hybridized carbons (Fsp3) is 0.500. The monoisotopic (exact) mass is 237 g/mol. The Hall–Kier alpha value is -0.770. The minimum atomic E-state index is 0.143. The van der Waals surface area contributed by atoms with E-state index < -0.39 is 0 Å². The van der Waals surface area contributed by atoms with E-state index in [1.807, 2.05) is 0 Å². The van der Waals surface area contributed by atoms with Crippen LogP contribution in [0.3, 0.4) is 0 Å². The predicted octanol–water partition coefficient (Wildman–Crippen LogP) is 2.11. The van der Waals surface area contributed by atoms with Crippen molar-refractivity contribution in [1.82, 2.24) is 10.6 Å². The van der Waals surface area contributed by atoms with Gasteiger partial charge in [0.2, 0.25) is 0 Å². The first kappa shape index (κ1) is 10.4. The Kier molecular flexibility index (Phi) is 2.75. The largest absolute Gasteiger partial charge is 0.356 e. The lowest BCUT2D eigenvalue weighted by Crippen LogP contribution is -2.38. The van der Waals surface area contributed by atoms with Crippen molar-refractivity contribution in [3.63, 3.8) is 0 Å². The Morgan fingerprint density at radius 2 is 1.94 bits per heavy atom. The molecule has 4 heteroatoms. The van der Waals surface area contributed by atoms with Crippen molar-refractivity contribution in [1.29, 1.82) is 0 Å². The second-order valence-corrected chi connectivity index (χ2v) is 4.91. The zero-order valence-corrected chi connectivity index (χ0v) is 9.85. The van der Waals surface area contributed by atoms with E-state index in [1.54, 1.807) is 0 Å². The van der Waals surface area contributed by atoms with Crippen molar-refractivity contribution in [3.8, 4) is 0 Å². The lowest BCUT2D eigenvalue weighted by atomic mass is 10.1. The van der Waals surface area contributed by atoms with Crippen LogP contribution in [-0.4, -0.2) is 19.4 Å². The Morgan fingerprint density at radius 3 is 2.56 bits per heavy atom. The van der Waals surface area contributed by atoms with Gasteiger partial charge in [0.1, 0.15) is 6.29 Å². The molecular formula is C12H16ClN3. The van der Waals surface area contributed by atoms with Crippen LogP contribution in [0.15, 0.2) is 18.2 Å². The van der Waals surface area contributed by atoms with Gasteiger partial charge in [-0.3, -0.25) is 10.6 Å². The van der Waals surface area contributed by atoms with Gasteiger partial charge in [0.15, 0.2) is 0 Å². The molecule has 1 aliphatic heterocycles. The van der Waals surface area contributed by atoms with Crippen LogP contribution in [0.25, 0.3) is 0 Å². The Bertz CT molecular complexity index is 384. The van der Waals surface area contributed by atoms with Gasteiger partial charge < -0.3 is 5.32 Å². The van der Waals surface area contributed by atoms with E-state index in [4.69, 9.17) is 11.6 Å². The van der Waals surface area contributed by atoms with Crippen LogP contribution in [0.5, 0.6) is 0 Å². The molecule has 3 rings (SSSR count). The first-order valence-corrected chi connectivity index (χ1v) is 6.23. The highest BCUT2D eigenvalue weighted by atomic mass is 35.5. The maximum atomic E-state index is 6.26. The van der Waals surface area contributed by atoms with Crippen molar-refractivity contribution < 1.29 is 0 Å². The molecule has 0 amide bonds. The summed E-state index contributed by atoms with van der Waals surface area (Å²) in [6.45, 7) is 1.99. The second kappa shape index (κ2) is 4.24. The SMILES string of the molecule is Clc1cc(C2CC2)ccc1NC1NCCN1. The average Bonchev–Trinajstić information content (AvgIpc) is 3.01. The van der Waals surface area contributed by atoms with Crippen molar-refractivity contribution in [2.45, 2.75) is 25.0 Å². The third kappa shape index (κ3) is 2.17. The number of nitrogens with one attached hydrogen (secondary N) is 3. The van der Waals surface area contributed by atoms with Gasteiger partial charge in [-0.25, -0.2) is 0 Å². The van der Waals surface area contributed by atoms with Gasteiger partial charge in [0.05, 0.1) is 10.7 Å². The molecule has 1 aromatic carbocycles. The number of rotatable bonds is 3. The van der Waals surface area contributed by atoms with Crippen LogP contribution in [0.1, 0.15) is 24.3 Å². The van der Waals surface area contributed by atoms with E-state index in [2.05, 4.69) is 34.1 Å². The highest BCUT2D eigenvalue weighted by Gasteiger charge is 2.24. The van der Waals surface area contributed by atoms with Gasteiger partial charge in [-0.15, -0.1) is 0 Å². The molecule has 0 aromatic heterocycles. The Balaban J connectivity index is 1.73. The number of hydrogen-bond donors (Lipinski definition) is 3. The van der Waals surface area contributed by atoms with Crippen molar-refractivity contribution in [3.05, 3.63) is 28.8 Å². The molecule has 1 saturated carbocycles. The van der Waals surface area contributed by atoms with Crippen LogP contribution in [-0.2, 0) is 0 Å². The molecule has 0 atom stereocenters. The summed E-state index contributed by atoms with van der Waals surface area (Å²) in [4.78, 5) is 0. The minimum Gasteiger partial charge on any atom is -0.356 e. The third-order valence-electron chi connectivity index (χ3n) is 3.16. The molecule has 16 heavy (non-hydrogen) atoms. The summed E-state index contributed by atoms with van der Waals surface area (Å²) in [7, 11) is 0. The lowest BCUT2D eigenvalue weighted by molar-refractivity contribution is 0.620. The molecule has 0 bridgehead atoms. The molecule has 86 valence electrons. The first-order chi connectivity index (χ1) is 7.83. The smallest absolute Gasteiger partial charge is 0.132 e. The Labute approximate surface area is 101 Å². The summed E-state index contributed by atoms with van der Waals surface area (Å²) in [5, 5.41) is 10.8. The molecule has 0 unspecified atom stereocenters. The van der Waals surface area contributed by atoms with Crippen LogP contribution in [0.4, 0.5) is 5.69 Å². The molecular weight excluding hydrogens is 222 g/mol. The number of halogens is 1. The van der Waals surface area contributed by atoms with Crippen LogP contribution in [0, 0.1) is 0 Å². The van der Waals surface area contributed by atoms with Gasteiger partial charge in [-0.05, 0) is 36.5 Å². The van der Waals surface area contributed by atoms with Crippen molar-refractivity contribution in [2.24, 2.45) is 0 Å². The van der Waals surface area contributed by atoms with Crippen LogP contribution >= 0.6 is 11.6 Å². The van der Waals surface area contributed by atoms with E-state index in [9.17, 15) is 0 Å².